The lowest BCUT2D eigenvalue weighted by atomic mass is 10.0. The van der Waals surface area contributed by atoms with Gasteiger partial charge in [0.1, 0.15) is 0 Å². The molecule has 0 fully saturated rings. The third kappa shape index (κ3) is 3.28. The molecule has 0 aliphatic carbocycles. The molecular weight excluding hydrogens is 353 g/mol. The van der Waals surface area contributed by atoms with Crippen molar-refractivity contribution in [3.8, 4) is 0 Å². The maximum Gasteiger partial charge on any atom is 0.0624 e. The Morgan fingerprint density at radius 1 is 1.39 bits per heavy atom. The van der Waals surface area contributed by atoms with Crippen molar-refractivity contribution in [2.75, 3.05) is 7.05 Å². The third-order valence-electron chi connectivity index (χ3n) is 2.74. The summed E-state index contributed by atoms with van der Waals surface area (Å²) in [6.45, 7) is 0. The molecule has 1 atom stereocenters. The van der Waals surface area contributed by atoms with Crippen molar-refractivity contribution in [1.82, 2.24) is 5.32 Å². The summed E-state index contributed by atoms with van der Waals surface area (Å²) in [5.74, 6) is 0. The van der Waals surface area contributed by atoms with Crippen LogP contribution < -0.4 is 5.32 Å². The highest BCUT2D eigenvalue weighted by molar-refractivity contribution is 9.10. The maximum atomic E-state index is 6.22. The molecule has 0 radical (unpaired) electrons. The summed E-state index contributed by atoms with van der Waals surface area (Å²) >= 11 is 17.5. The van der Waals surface area contributed by atoms with E-state index in [1.165, 1.54) is 4.88 Å². The van der Waals surface area contributed by atoms with E-state index in [4.69, 9.17) is 23.2 Å². The molecule has 0 aliphatic heterocycles. The van der Waals surface area contributed by atoms with Crippen LogP contribution in [0, 0.1) is 0 Å². The Kier molecular flexibility index (Phi) is 5.10. The lowest BCUT2D eigenvalue weighted by molar-refractivity contribution is 0.602. The molecule has 0 saturated carbocycles. The first-order chi connectivity index (χ1) is 8.61. The van der Waals surface area contributed by atoms with Gasteiger partial charge in [-0.3, -0.25) is 0 Å². The van der Waals surface area contributed by atoms with Gasteiger partial charge >= 0.3 is 0 Å². The largest absolute Gasteiger partial charge is 0.312 e. The topological polar surface area (TPSA) is 12.0 Å². The number of benzene rings is 1. The first kappa shape index (κ1) is 14.4. The highest BCUT2D eigenvalue weighted by Gasteiger charge is 2.15. The van der Waals surface area contributed by atoms with Gasteiger partial charge in [-0.05, 0) is 47.1 Å². The lowest BCUT2D eigenvalue weighted by Gasteiger charge is -2.15. The summed E-state index contributed by atoms with van der Waals surface area (Å²) in [5.41, 5.74) is 1.06. The number of halogens is 3. The molecule has 5 heteroatoms. The van der Waals surface area contributed by atoms with E-state index in [1.807, 2.05) is 25.2 Å². The predicted octanol–water partition coefficient (Wildman–Crippen LogP) is 5.32. The zero-order chi connectivity index (χ0) is 13.1. The number of hydrogen-bond acceptors (Lipinski definition) is 2. The van der Waals surface area contributed by atoms with Crippen molar-refractivity contribution in [2.24, 2.45) is 0 Å². The van der Waals surface area contributed by atoms with Crippen LogP contribution in [-0.4, -0.2) is 7.05 Å². The van der Waals surface area contributed by atoms with Crippen molar-refractivity contribution in [3.05, 3.63) is 54.6 Å². The minimum absolute atomic E-state index is 0.247. The highest BCUT2D eigenvalue weighted by atomic mass is 79.9. The fourth-order valence-corrected chi connectivity index (χ4v) is 3.73. The second kappa shape index (κ2) is 6.40. The molecule has 1 N–H and O–H groups in total. The Bertz CT molecular complexity index is 542. The number of nitrogens with one attached hydrogen (secondary N) is 1. The average Bonchev–Trinajstić information content (AvgIpc) is 2.78. The molecule has 1 nitrogen and oxygen atoms in total. The minimum Gasteiger partial charge on any atom is -0.312 e. The van der Waals surface area contributed by atoms with Crippen molar-refractivity contribution in [2.45, 2.75) is 12.5 Å². The summed E-state index contributed by atoms with van der Waals surface area (Å²) in [7, 11) is 1.96. The summed E-state index contributed by atoms with van der Waals surface area (Å²) in [5, 5.41) is 6.65. The fourth-order valence-electron chi connectivity index (χ4n) is 1.78. The number of thiophene rings is 1. The van der Waals surface area contributed by atoms with Gasteiger partial charge in [0.05, 0.1) is 10.0 Å². The van der Waals surface area contributed by atoms with Crippen LogP contribution in [-0.2, 0) is 6.42 Å². The van der Waals surface area contributed by atoms with Crippen LogP contribution in [0.3, 0.4) is 0 Å². The van der Waals surface area contributed by atoms with Gasteiger partial charge in [0.15, 0.2) is 0 Å². The summed E-state index contributed by atoms with van der Waals surface area (Å²) in [6, 6.07) is 8.13. The molecule has 1 aromatic heterocycles. The van der Waals surface area contributed by atoms with Gasteiger partial charge < -0.3 is 5.32 Å². The first-order valence-corrected chi connectivity index (χ1v) is 7.88. The zero-order valence-electron chi connectivity index (χ0n) is 9.71. The van der Waals surface area contributed by atoms with E-state index in [0.717, 1.165) is 16.5 Å². The smallest absolute Gasteiger partial charge is 0.0624 e. The van der Waals surface area contributed by atoms with Gasteiger partial charge in [-0.2, -0.15) is 0 Å². The molecule has 1 unspecified atom stereocenters. The normalized spacial score (nSPS) is 12.7. The Hall–Kier alpha value is -0.0600. The average molecular weight is 365 g/mol. The number of rotatable bonds is 4. The van der Waals surface area contributed by atoms with Gasteiger partial charge in [0, 0.05) is 20.8 Å². The zero-order valence-corrected chi connectivity index (χ0v) is 13.6. The van der Waals surface area contributed by atoms with Gasteiger partial charge in [-0.15, -0.1) is 11.3 Å². The lowest BCUT2D eigenvalue weighted by Crippen LogP contribution is -2.17. The van der Waals surface area contributed by atoms with E-state index in [1.54, 1.807) is 11.3 Å². The van der Waals surface area contributed by atoms with Gasteiger partial charge in [0.2, 0.25) is 0 Å². The summed E-state index contributed by atoms with van der Waals surface area (Å²) in [6.07, 6.45) is 0.822. The van der Waals surface area contributed by atoms with Crippen LogP contribution in [0.1, 0.15) is 16.5 Å². The Balaban J connectivity index is 2.23. The van der Waals surface area contributed by atoms with Gasteiger partial charge in [-0.25, -0.2) is 0 Å². The molecule has 2 aromatic rings. The highest BCUT2D eigenvalue weighted by Crippen LogP contribution is 2.32. The molecule has 18 heavy (non-hydrogen) atoms. The van der Waals surface area contributed by atoms with E-state index >= 15 is 0 Å². The second-order valence-electron chi connectivity index (χ2n) is 3.93. The van der Waals surface area contributed by atoms with E-state index in [-0.39, 0.29) is 6.04 Å². The number of likely N-dealkylation sites (N-methyl/N-ethyl adjacent to an activating group) is 1. The van der Waals surface area contributed by atoms with Crippen molar-refractivity contribution in [1.29, 1.82) is 0 Å². The summed E-state index contributed by atoms with van der Waals surface area (Å²) < 4.78 is 1.11. The molecule has 0 saturated heterocycles. The van der Waals surface area contributed by atoms with Crippen LogP contribution in [0.25, 0.3) is 0 Å². The maximum absolute atomic E-state index is 6.22. The van der Waals surface area contributed by atoms with Crippen molar-refractivity contribution >= 4 is 50.5 Å². The summed E-state index contributed by atoms with van der Waals surface area (Å²) in [4.78, 5) is 1.28. The van der Waals surface area contributed by atoms with E-state index in [0.29, 0.717) is 10.0 Å². The molecule has 0 aliphatic rings. The molecule has 2 rings (SSSR count). The molecule has 0 spiro atoms. The SMILES string of the molecule is CNC(Cc1cccc(Cl)c1Cl)c1cc(Br)cs1. The predicted molar refractivity (Wildman–Crippen MR) is 84.0 cm³/mol. The van der Waals surface area contributed by atoms with E-state index in [2.05, 4.69) is 32.7 Å². The first-order valence-electron chi connectivity index (χ1n) is 5.46. The van der Waals surface area contributed by atoms with Crippen molar-refractivity contribution in [3.63, 3.8) is 0 Å². The van der Waals surface area contributed by atoms with Crippen molar-refractivity contribution < 1.29 is 0 Å². The monoisotopic (exact) mass is 363 g/mol. The van der Waals surface area contributed by atoms with Crippen LogP contribution in [0.5, 0.6) is 0 Å². The fraction of sp³-hybridized carbons (Fsp3) is 0.231. The molecule has 96 valence electrons. The Morgan fingerprint density at radius 3 is 2.78 bits per heavy atom. The minimum atomic E-state index is 0.247. The molecular formula is C13H12BrCl2NS. The third-order valence-corrected chi connectivity index (χ3v) is 5.40. The van der Waals surface area contributed by atoms with Gasteiger partial charge in [-0.1, -0.05) is 35.3 Å². The van der Waals surface area contributed by atoms with Crippen LogP contribution in [0.4, 0.5) is 0 Å². The quantitative estimate of drug-likeness (QED) is 0.773. The molecule has 1 heterocycles. The standard InChI is InChI=1S/C13H12BrCl2NS/c1-17-11(12-6-9(14)7-18-12)5-8-3-2-4-10(15)13(8)16/h2-4,6-7,11,17H,5H2,1H3. The van der Waals surface area contributed by atoms with Crippen LogP contribution >= 0.6 is 50.5 Å². The molecule has 0 bridgehead atoms. The Labute approximate surface area is 129 Å². The molecule has 0 amide bonds. The van der Waals surface area contributed by atoms with E-state index in [9.17, 15) is 0 Å². The van der Waals surface area contributed by atoms with Crippen LogP contribution in [0.15, 0.2) is 34.1 Å². The molecule has 1 aromatic carbocycles. The van der Waals surface area contributed by atoms with Crippen LogP contribution in [0.2, 0.25) is 10.0 Å². The second-order valence-corrected chi connectivity index (χ2v) is 6.57. The van der Waals surface area contributed by atoms with E-state index < -0.39 is 0 Å². The number of hydrogen-bond donors (Lipinski definition) is 1. The van der Waals surface area contributed by atoms with Gasteiger partial charge in [0.25, 0.3) is 0 Å². The Morgan fingerprint density at radius 2 is 2.17 bits per heavy atom.